The molecular weight excluding hydrogens is 354 g/mol. The van der Waals surface area contributed by atoms with Crippen molar-refractivity contribution < 1.29 is 14.1 Å². The quantitative estimate of drug-likeness (QED) is 0.632. The summed E-state index contributed by atoms with van der Waals surface area (Å²) >= 11 is 0. The highest BCUT2D eigenvalue weighted by Crippen LogP contribution is 2.25. The van der Waals surface area contributed by atoms with E-state index in [0.29, 0.717) is 31.3 Å². The van der Waals surface area contributed by atoms with E-state index in [-0.39, 0.29) is 18.4 Å². The zero-order valence-electron chi connectivity index (χ0n) is 15.7. The second-order valence-corrected chi connectivity index (χ2v) is 7.01. The molecule has 0 aliphatic carbocycles. The maximum atomic E-state index is 12.5. The maximum Gasteiger partial charge on any atom is 0.252 e. The lowest BCUT2D eigenvalue weighted by atomic mass is 10.1. The normalized spacial score (nSPS) is 16.4. The Hall–Kier alpha value is -2.99. The molecule has 2 heterocycles. The van der Waals surface area contributed by atoms with Crippen LogP contribution in [-0.2, 0) is 29.2 Å². The summed E-state index contributed by atoms with van der Waals surface area (Å²) in [6, 6.07) is 19.8. The number of hydrogen-bond donors (Lipinski definition) is 0. The average Bonchev–Trinajstić information content (AvgIpc) is 3.39. The first kappa shape index (κ1) is 18.4. The average molecular weight is 377 g/mol. The zero-order valence-corrected chi connectivity index (χ0v) is 15.7. The Bertz CT molecular complexity index is 896. The van der Waals surface area contributed by atoms with Crippen molar-refractivity contribution >= 4 is 5.91 Å². The van der Waals surface area contributed by atoms with E-state index in [2.05, 4.69) is 10.1 Å². The molecular formula is C22H23N3O3. The monoisotopic (exact) mass is 377 g/mol. The van der Waals surface area contributed by atoms with Gasteiger partial charge in [0.25, 0.3) is 5.89 Å². The van der Waals surface area contributed by atoms with Crippen molar-refractivity contribution in [1.82, 2.24) is 15.0 Å². The molecule has 0 N–H and O–H groups in total. The molecule has 28 heavy (non-hydrogen) atoms. The molecule has 4 rings (SSSR count). The second kappa shape index (κ2) is 8.80. The van der Waals surface area contributed by atoms with Gasteiger partial charge in [0, 0.05) is 19.0 Å². The molecule has 1 unspecified atom stereocenters. The van der Waals surface area contributed by atoms with Crippen molar-refractivity contribution in [1.29, 1.82) is 0 Å². The van der Waals surface area contributed by atoms with E-state index in [4.69, 9.17) is 9.26 Å². The number of carbonyl (C=O) groups is 1. The van der Waals surface area contributed by atoms with Gasteiger partial charge in [-0.1, -0.05) is 65.8 Å². The molecule has 1 fully saturated rings. The van der Waals surface area contributed by atoms with Crippen LogP contribution in [-0.4, -0.2) is 34.0 Å². The summed E-state index contributed by atoms with van der Waals surface area (Å²) in [5.41, 5.74) is 2.14. The van der Waals surface area contributed by atoms with Crippen LogP contribution in [0.3, 0.4) is 0 Å². The smallest absolute Gasteiger partial charge is 0.252 e. The van der Waals surface area contributed by atoms with E-state index in [1.54, 1.807) is 0 Å². The molecule has 6 nitrogen and oxygen atoms in total. The van der Waals surface area contributed by atoms with Crippen molar-refractivity contribution in [3.8, 4) is 0 Å². The Morgan fingerprint density at radius 3 is 2.50 bits per heavy atom. The second-order valence-electron chi connectivity index (χ2n) is 7.01. The van der Waals surface area contributed by atoms with Gasteiger partial charge in [-0.15, -0.1) is 0 Å². The minimum absolute atomic E-state index is 0.117. The third-order valence-corrected chi connectivity index (χ3v) is 4.93. The van der Waals surface area contributed by atoms with Gasteiger partial charge in [-0.3, -0.25) is 4.79 Å². The molecule has 1 saturated heterocycles. The highest BCUT2D eigenvalue weighted by atomic mass is 16.5. The third kappa shape index (κ3) is 4.64. The Morgan fingerprint density at radius 1 is 1.04 bits per heavy atom. The molecule has 0 radical (unpaired) electrons. The summed E-state index contributed by atoms with van der Waals surface area (Å²) in [4.78, 5) is 18.9. The molecule has 0 spiro atoms. The molecule has 0 bridgehead atoms. The highest BCUT2D eigenvalue weighted by molar-refractivity contribution is 5.79. The molecule has 1 aliphatic heterocycles. The van der Waals surface area contributed by atoms with Crippen LogP contribution in [0.1, 0.15) is 35.2 Å². The summed E-state index contributed by atoms with van der Waals surface area (Å²) < 4.78 is 11.0. The van der Waals surface area contributed by atoms with Crippen LogP contribution in [0.2, 0.25) is 0 Å². The fourth-order valence-corrected chi connectivity index (χ4v) is 3.40. The highest BCUT2D eigenvalue weighted by Gasteiger charge is 2.30. The van der Waals surface area contributed by atoms with Crippen LogP contribution in [0.25, 0.3) is 0 Å². The number of aromatic nitrogens is 2. The number of carbonyl (C=O) groups excluding carboxylic acids is 1. The molecule has 1 amide bonds. The first-order valence-electron chi connectivity index (χ1n) is 9.54. The number of hydrogen-bond acceptors (Lipinski definition) is 5. The van der Waals surface area contributed by atoms with E-state index in [9.17, 15) is 4.79 Å². The van der Waals surface area contributed by atoms with Gasteiger partial charge in [0.15, 0.2) is 5.82 Å². The number of nitrogens with zero attached hydrogens (tertiary/aromatic N) is 3. The van der Waals surface area contributed by atoms with E-state index < -0.39 is 0 Å². The largest absolute Gasteiger partial charge is 0.367 e. The van der Waals surface area contributed by atoms with Crippen LogP contribution in [0.15, 0.2) is 65.2 Å². The van der Waals surface area contributed by atoms with Gasteiger partial charge in [0.05, 0.1) is 13.0 Å². The van der Waals surface area contributed by atoms with Gasteiger partial charge in [-0.25, -0.2) is 0 Å². The first-order chi connectivity index (χ1) is 13.8. The molecule has 3 aromatic rings. The fourth-order valence-electron chi connectivity index (χ4n) is 3.40. The fraction of sp³-hybridized carbons (Fsp3) is 0.318. The van der Waals surface area contributed by atoms with Crippen LogP contribution in [0.4, 0.5) is 0 Å². The topological polar surface area (TPSA) is 68.5 Å². The zero-order chi connectivity index (χ0) is 19.2. The van der Waals surface area contributed by atoms with Gasteiger partial charge in [-0.2, -0.15) is 4.98 Å². The summed E-state index contributed by atoms with van der Waals surface area (Å²) in [6.45, 7) is 2.15. The number of ether oxygens (including phenoxy) is 1. The summed E-state index contributed by atoms with van der Waals surface area (Å²) in [6.07, 6.45) is 1.28. The number of benzene rings is 2. The van der Waals surface area contributed by atoms with Gasteiger partial charge >= 0.3 is 0 Å². The molecule has 1 aromatic heterocycles. The van der Waals surface area contributed by atoms with E-state index in [0.717, 1.165) is 24.1 Å². The Labute approximate surface area is 164 Å². The van der Waals surface area contributed by atoms with Crippen LogP contribution < -0.4 is 0 Å². The standard InChI is InChI=1S/C22H23N3O3/c26-21(13-17-7-3-1-4-8-17)25-12-11-19(14-25)22-23-20(28-24-22)16-27-15-18-9-5-2-6-10-18/h1-10,19H,11-16H2. The van der Waals surface area contributed by atoms with Crippen LogP contribution in [0.5, 0.6) is 0 Å². The minimum atomic E-state index is 0.117. The van der Waals surface area contributed by atoms with Crippen molar-refractivity contribution in [3.63, 3.8) is 0 Å². The number of likely N-dealkylation sites (tertiary alicyclic amines) is 1. The summed E-state index contributed by atoms with van der Waals surface area (Å²) in [5, 5.41) is 4.10. The SMILES string of the molecule is O=C(Cc1ccccc1)N1CCC(c2noc(COCc3ccccc3)n2)C1. The lowest BCUT2D eigenvalue weighted by Crippen LogP contribution is -2.29. The number of amides is 1. The molecule has 1 aliphatic rings. The van der Waals surface area contributed by atoms with Gasteiger partial charge in [0.2, 0.25) is 5.91 Å². The van der Waals surface area contributed by atoms with E-state index in [1.807, 2.05) is 65.6 Å². The predicted molar refractivity (Wildman–Crippen MR) is 103 cm³/mol. The van der Waals surface area contributed by atoms with Crippen LogP contribution in [0, 0.1) is 0 Å². The van der Waals surface area contributed by atoms with Crippen molar-refractivity contribution in [2.75, 3.05) is 13.1 Å². The van der Waals surface area contributed by atoms with Gasteiger partial charge in [0.1, 0.15) is 6.61 Å². The van der Waals surface area contributed by atoms with E-state index in [1.165, 1.54) is 0 Å². The summed E-state index contributed by atoms with van der Waals surface area (Å²) in [7, 11) is 0. The lowest BCUT2D eigenvalue weighted by Gasteiger charge is -2.15. The molecule has 2 aromatic carbocycles. The van der Waals surface area contributed by atoms with Gasteiger partial charge < -0.3 is 14.2 Å². The van der Waals surface area contributed by atoms with Gasteiger partial charge in [-0.05, 0) is 17.5 Å². The Morgan fingerprint density at radius 2 is 1.75 bits per heavy atom. The molecule has 144 valence electrons. The molecule has 0 saturated carbocycles. The lowest BCUT2D eigenvalue weighted by molar-refractivity contribution is -0.129. The van der Waals surface area contributed by atoms with Crippen molar-refractivity contribution in [3.05, 3.63) is 83.5 Å². The Balaban J connectivity index is 1.27. The predicted octanol–water partition coefficient (Wildman–Crippen LogP) is 3.35. The van der Waals surface area contributed by atoms with E-state index >= 15 is 0 Å². The van der Waals surface area contributed by atoms with Crippen molar-refractivity contribution in [2.24, 2.45) is 0 Å². The molecule has 6 heteroatoms. The maximum absolute atomic E-state index is 12.5. The van der Waals surface area contributed by atoms with Crippen molar-refractivity contribution in [2.45, 2.75) is 32.0 Å². The number of rotatable bonds is 7. The summed E-state index contributed by atoms with van der Waals surface area (Å²) in [5.74, 6) is 1.39. The first-order valence-corrected chi connectivity index (χ1v) is 9.54. The van der Waals surface area contributed by atoms with Crippen LogP contribution >= 0.6 is 0 Å². The Kier molecular flexibility index (Phi) is 5.77. The minimum Gasteiger partial charge on any atom is -0.367 e. The molecule has 1 atom stereocenters. The third-order valence-electron chi connectivity index (χ3n) is 4.93.